The Morgan fingerprint density at radius 3 is 3.06 bits per heavy atom. The van der Waals surface area contributed by atoms with Gasteiger partial charge in [0.15, 0.2) is 0 Å². The Labute approximate surface area is 113 Å². The summed E-state index contributed by atoms with van der Waals surface area (Å²) in [7, 11) is 1.71. The van der Waals surface area contributed by atoms with Crippen molar-refractivity contribution in [2.45, 2.75) is 38.4 Å². The molecule has 1 aliphatic heterocycles. The van der Waals surface area contributed by atoms with Gasteiger partial charge in [0.05, 0.1) is 12.6 Å². The van der Waals surface area contributed by atoms with Crippen LogP contribution in [0.5, 0.6) is 0 Å². The standard InChI is InChI=1S/C12H22N4OS/c1-10(14-11-3-7-18-8-4-11)12-15-13-9-16(12)5-6-17-2/h9-11,14H,3-8H2,1-2H3. The van der Waals surface area contributed by atoms with Crippen molar-refractivity contribution >= 4 is 11.8 Å². The van der Waals surface area contributed by atoms with E-state index in [0.717, 1.165) is 12.4 Å². The highest BCUT2D eigenvalue weighted by Crippen LogP contribution is 2.20. The van der Waals surface area contributed by atoms with Gasteiger partial charge in [0.25, 0.3) is 0 Å². The molecule has 0 spiro atoms. The zero-order chi connectivity index (χ0) is 12.8. The number of nitrogens with zero attached hydrogens (tertiary/aromatic N) is 3. The van der Waals surface area contributed by atoms with Crippen molar-refractivity contribution in [3.05, 3.63) is 12.2 Å². The van der Waals surface area contributed by atoms with Crippen LogP contribution >= 0.6 is 11.8 Å². The highest BCUT2D eigenvalue weighted by Gasteiger charge is 2.19. The van der Waals surface area contributed by atoms with Crippen molar-refractivity contribution in [2.24, 2.45) is 0 Å². The Morgan fingerprint density at radius 1 is 1.56 bits per heavy atom. The number of rotatable bonds is 6. The fourth-order valence-corrected chi connectivity index (χ4v) is 3.36. The lowest BCUT2D eigenvalue weighted by Crippen LogP contribution is -2.35. The molecule has 1 unspecified atom stereocenters. The van der Waals surface area contributed by atoms with Gasteiger partial charge in [0, 0.05) is 19.7 Å². The van der Waals surface area contributed by atoms with Crippen LogP contribution in [0.1, 0.15) is 31.6 Å². The second kappa shape index (κ2) is 7.11. The van der Waals surface area contributed by atoms with Crippen LogP contribution in [0.4, 0.5) is 0 Å². The van der Waals surface area contributed by atoms with Crippen LogP contribution in [0.15, 0.2) is 6.33 Å². The van der Waals surface area contributed by atoms with Gasteiger partial charge >= 0.3 is 0 Å². The predicted octanol–water partition coefficient (Wildman–Crippen LogP) is 1.47. The van der Waals surface area contributed by atoms with Gasteiger partial charge in [-0.1, -0.05) is 0 Å². The van der Waals surface area contributed by atoms with Gasteiger partial charge in [-0.05, 0) is 31.3 Å². The van der Waals surface area contributed by atoms with Crippen LogP contribution < -0.4 is 5.32 Å². The van der Waals surface area contributed by atoms with Crippen molar-refractivity contribution in [1.82, 2.24) is 20.1 Å². The zero-order valence-corrected chi connectivity index (χ0v) is 11.9. The summed E-state index contributed by atoms with van der Waals surface area (Å²) in [6.45, 7) is 3.66. The van der Waals surface area contributed by atoms with E-state index < -0.39 is 0 Å². The molecule has 1 N–H and O–H groups in total. The maximum Gasteiger partial charge on any atom is 0.149 e. The maximum absolute atomic E-state index is 5.10. The van der Waals surface area contributed by atoms with E-state index in [2.05, 4.69) is 27.0 Å². The fraction of sp³-hybridized carbons (Fsp3) is 0.833. The minimum absolute atomic E-state index is 0.248. The molecule has 18 heavy (non-hydrogen) atoms. The zero-order valence-electron chi connectivity index (χ0n) is 11.1. The minimum Gasteiger partial charge on any atom is -0.383 e. The van der Waals surface area contributed by atoms with Crippen molar-refractivity contribution in [3.8, 4) is 0 Å². The van der Waals surface area contributed by atoms with E-state index in [1.807, 2.05) is 11.8 Å². The molecule has 0 aromatic carbocycles. The number of nitrogens with one attached hydrogen (secondary N) is 1. The lowest BCUT2D eigenvalue weighted by Gasteiger charge is -2.26. The first kappa shape index (κ1) is 13.8. The maximum atomic E-state index is 5.10. The highest BCUT2D eigenvalue weighted by molar-refractivity contribution is 7.99. The summed E-state index contributed by atoms with van der Waals surface area (Å²) in [6, 6.07) is 0.867. The lowest BCUT2D eigenvalue weighted by atomic mass is 10.1. The molecule has 2 heterocycles. The summed E-state index contributed by atoms with van der Waals surface area (Å²) in [5.74, 6) is 3.53. The molecule has 1 saturated heterocycles. The molecule has 1 aromatic rings. The molecule has 1 aliphatic rings. The number of ether oxygens (including phenoxy) is 1. The van der Waals surface area contributed by atoms with Gasteiger partial charge in [0.1, 0.15) is 12.2 Å². The van der Waals surface area contributed by atoms with Gasteiger partial charge < -0.3 is 14.6 Å². The van der Waals surface area contributed by atoms with Crippen molar-refractivity contribution < 1.29 is 4.74 Å². The monoisotopic (exact) mass is 270 g/mol. The van der Waals surface area contributed by atoms with Gasteiger partial charge in [-0.2, -0.15) is 11.8 Å². The SMILES string of the molecule is COCCn1cnnc1C(C)NC1CCSCC1. The number of hydrogen-bond donors (Lipinski definition) is 1. The topological polar surface area (TPSA) is 52.0 Å². The predicted molar refractivity (Wildman–Crippen MR) is 73.8 cm³/mol. The Balaban J connectivity index is 1.90. The Bertz CT molecular complexity index is 352. The first-order valence-electron chi connectivity index (χ1n) is 6.51. The normalized spacial score (nSPS) is 19.0. The first-order valence-corrected chi connectivity index (χ1v) is 7.67. The summed E-state index contributed by atoms with van der Waals surface area (Å²) in [4.78, 5) is 0. The van der Waals surface area contributed by atoms with Crippen molar-refractivity contribution in [3.63, 3.8) is 0 Å². The van der Waals surface area contributed by atoms with Gasteiger partial charge in [0.2, 0.25) is 0 Å². The number of methoxy groups -OCH3 is 1. The van der Waals surface area contributed by atoms with Gasteiger partial charge in [-0.25, -0.2) is 0 Å². The first-order chi connectivity index (χ1) is 8.81. The number of hydrogen-bond acceptors (Lipinski definition) is 5. The Kier molecular flexibility index (Phi) is 5.46. The van der Waals surface area contributed by atoms with Crippen LogP contribution in [-0.2, 0) is 11.3 Å². The fourth-order valence-electron chi connectivity index (χ4n) is 2.25. The molecular formula is C12H22N4OS. The molecular weight excluding hydrogens is 248 g/mol. The number of thioether (sulfide) groups is 1. The third-order valence-corrected chi connectivity index (χ3v) is 4.32. The third kappa shape index (κ3) is 3.70. The molecule has 5 nitrogen and oxygen atoms in total. The van der Waals surface area contributed by atoms with Crippen LogP contribution in [0.25, 0.3) is 0 Å². The quantitative estimate of drug-likeness (QED) is 0.848. The molecule has 2 rings (SSSR count). The summed E-state index contributed by atoms with van der Waals surface area (Å²) in [5.41, 5.74) is 0. The van der Waals surface area contributed by atoms with E-state index in [1.54, 1.807) is 13.4 Å². The molecule has 0 saturated carbocycles. The van der Waals surface area contributed by atoms with Crippen molar-refractivity contribution in [1.29, 1.82) is 0 Å². The summed E-state index contributed by atoms with van der Waals surface area (Å²) < 4.78 is 7.17. The second-order valence-corrected chi connectivity index (χ2v) is 5.88. The van der Waals surface area contributed by atoms with Crippen LogP contribution in [0, 0.1) is 0 Å². The van der Waals surface area contributed by atoms with E-state index in [4.69, 9.17) is 4.74 Å². The van der Waals surface area contributed by atoms with Crippen LogP contribution in [0.3, 0.4) is 0 Å². The average Bonchev–Trinajstić information content (AvgIpc) is 2.86. The minimum atomic E-state index is 0.248. The van der Waals surface area contributed by atoms with Gasteiger partial charge in [-0.3, -0.25) is 0 Å². The van der Waals surface area contributed by atoms with Crippen molar-refractivity contribution in [2.75, 3.05) is 25.2 Å². The Hall–Kier alpha value is -0.590. The molecule has 0 amide bonds. The van der Waals surface area contributed by atoms with E-state index in [9.17, 15) is 0 Å². The van der Waals surface area contributed by atoms with E-state index in [0.29, 0.717) is 12.6 Å². The molecule has 6 heteroatoms. The van der Waals surface area contributed by atoms with Crippen LogP contribution in [0.2, 0.25) is 0 Å². The number of aromatic nitrogens is 3. The van der Waals surface area contributed by atoms with Gasteiger partial charge in [-0.15, -0.1) is 10.2 Å². The molecule has 0 radical (unpaired) electrons. The molecule has 102 valence electrons. The molecule has 1 fully saturated rings. The van der Waals surface area contributed by atoms with Crippen LogP contribution in [-0.4, -0.2) is 46.0 Å². The smallest absolute Gasteiger partial charge is 0.149 e. The summed E-state index contributed by atoms with van der Waals surface area (Å²) in [5, 5.41) is 11.9. The Morgan fingerprint density at radius 2 is 2.33 bits per heavy atom. The molecule has 1 atom stereocenters. The largest absolute Gasteiger partial charge is 0.383 e. The highest BCUT2D eigenvalue weighted by atomic mass is 32.2. The van der Waals surface area contributed by atoms with E-state index in [1.165, 1.54) is 24.3 Å². The lowest BCUT2D eigenvalue weighted by molar-refractivity contribution is 0.185. The molecule has 0 aliphatic carbocycles. The summed E-state index contributed by atoms with van der Waals surface area (Å²) in [6.07, 6.45) is 4.28. The van der Waals surface area contributed by atoms with E-state index >= 15 is 0 Å². The molecule has 0 bridgehead atoms. The average molecular weight is 270 g/mol. The third-order valence-electron chi connectivity index (χ3n) is 3.28. The van der Waals surface area contributed by atoms with E-state index in [-0.39, 0.29) is 6.04 Å². The second-order valence-electron chi connectivity index (χ2n) is 4.65. The summed E-state index contributed by atoms with van der Waals surface area (Å²) >= 11 is 2.05. The molecule has 1 aromatic heterocycles.